The number of rotatable bonds is 3. The molecule has 20 heavy (non-hydrogen) atoms. The van der Waals surface area contributed by atoms with Gasteiger partial charge in [-0.1, -0.05) is 6.07 Å². The van der Waals surface area contributed by atoms with Gasteiger partial charge in [-0.15, -0.1) is 0 Å². The van der Waals surface area contributed by atoms with Crippen molar-refractivity contribution in [2.45, 2.75) is 13.8 Å². The van der Waals surface area contributed by atoms with E-state index in [1.807, 2.05) is 51.0 Å². The summed E-state index contributed by atoms with van der Waals surface area (Å²) in [4.78, 5) is 10.8. The highest BCUT2D eigenvalue weighted by Gasteiger charge is 2.13. The minimum absolute atomic E-state index is 0.631. The van der Waals surface area contributed by atoms with Gasteiger partial charge < -0.3 is 10.2 Å². The van der Waals surface area contributed by atoms with Gasteiger partial charge in [0.1, 0.15) is 17.5 Å². The number of nitrogens with one attached hydrogen (secondary N) is 1. The molecule has 0 spiro atoms. The van der Waals surface area contributed by atoms with Crippen LogP contribution in [0.3, 0.4) is 0 Å². The smallest absolute Gasteiger partial charge is 0.141 e. The Bertz CT molecular complexity index is 672. The highest BCUT2D eigenvalue weighted by Crippen LogP contribution is 2.28. The van der Waals surface area contributed by atoms with Gasteiger partial charge in [0.15, 0.2) is 0 Å². The van der Waals surface area contributed by atoms with Crippen molar-refractivity contribution in [2.75, 3.05) is 24.3 Å². The molecule has 0 amide bonds. The lowest BCUT2D eigenvalue weighted by Crippen LogP contribution is -2.15. The molecule has 0 atom stereocenters. The molecule has 1 heterocycles. The molecular weight excluding hydrogens is 250 g/mol. The first kappa shape index (κ1) is 13.8. The SMILES string of the molecule is CNc1nc(C)nc(N(C)c2cccc(C#N)c2)c1C. The van der Waals surface area contributed by atoms with E-state index in [0.29, 0.717) is 11.4 Å². The monoisotopic (exact) mass is 267 g/mol. The minimum atomic E-state index is 0.631. The topological polar surface area (TPSA) is 64.8 Å². The third kappa shape index (κ3) is 2.54. The highest BCUT2D eigenvalue weighted by molar-refractivity contribution is 5.67. The fraction of sp³-hybridized carbons (Fsp3) is 0.267. The second-order valence-electron chi connectivity index (χ2n) is 4.54. The summed E-state index contributed by atoms with van der Waals surface area (Å²) < 4.78 is 0. The molecule has 2 aromatic rings. The van der Waals surface area contributed by atoms with Crippen molar-refractivity contribution in [3.05, 3.63) is 41.2 Å². The van der Waals surface area contributed by atoms with Crippen molar-refractivity contribution in [1.29, 1.82) is 5.26 Å². The molecule has 0 radical (unpaired) electrons. The van der Waals surface area contributed by atoms with Crippen molar-refractivity contribution in [1.82, 2.24) is 9.97 Å². The molecule has 0 aliphatic carbocycles. The van der Waals surface area contributed by atoms with Crippen LogP contribution in [-0.2, 0) is 0 Å². The summed E-state index contributed by atoms with van der Waals surface area (Å²) in [5.74, 6) is 2.35. The summed E-state index contributed by atoms with van der Waals surface area (Å²) in [6.45, 7) is 3.84. The van der Waals surface area contributed by atoms with Gasteiger partial charge in [0, 0.05) is 25.3 Å². The van der Waals surface area contributed by atoms with Crippen LogP contribution in [0.25, 0.3) is 0 Å². The molecule has 102 valence electrons. The molecule has 1 aromatic carbocycles. The van der Waals surface area contributed by atoms with Gasteiger partial charge in [-0.25, -0.2) is 9.97 Å². The first-order chi connectivity index (χ1) is 9.56. The first-order valence-corrected chi connectivity index (χ1v) is 6.33. The second-order valence-corrected chi connectivity index (χ2v) is 4.54. The number of hydrogen-bond acceptors (Lipinski definition) is 5. The minimum Gasteiger partial charge on any atom is -0.373 e. The molecule has 5 heteroatoms. The summed E-state index contributed by atoms with van der Waals surface area (Å²) >= 11 is 0. The highest BCUT2D eigenvalue weighted by atomic mass is 15.2. The Balaban J connectivity index is 2.50. The van der Waals surface area contributed by atoms with Crippen LogP contribution >= 0.6 is 0 Å². The summed E-state index contributed by atoms with van der Waals surface area (Å²) in [7, 11) is 3.78. The van der Waals surface area contributed by atoms with Crippen LogP contribution in [0.4, 0.5) is 17.3 Å². The standard InChI is InChI=1S/C15H17N5/c1-10-14(17-3)18-11(2)19-15(10)20(4)13-7-5-6-12(8-13)9-16/h5-8H,1-4H3,(H,17,18,19). The molecule has 0 bridgehead atoms. The van der Waals surface area contributed by atoms with E-state index in [4.69, 9.17) is 5.26 Å². The molecular formula is C15H17N5. The zero-order valence-electron chi connectivity index (χ0n) is 12.1. The van der Waals surface area contributed by atoms with E-state index in [1.54, 1.807) is 6.07 Å². The first-order valence-electron chi connectivity index (χ1n) is 6.33. The molecule has 1 aromatic heterocycles. The molecule has 0 aliphatic rings. The van der Waals surface area contributed by atoms with Crippen LogP contribution in [0.2, 0.25) is 0 Å². The van der Waals surface area contributed by atoms with Crippen LogP contribution in [0, 0.1) is 25.2 Å². The van der Waals surface area contributed by atoms with E-state index in [0.717, 1.165) is 22.9 Å². The van der Waals surface area contributed by atoms with Gasteiger partial charge in [0.2, 0.25) is 0 Å². The number of nitrogens with zero attached hydrogens (tertiary/aromatic N) is 4. The molecule has 0 saturated heterocycles. The Labute approximate surface area is 118 Å². The molecule has 0 unspecified atom stereocenters. The van der Waals surface area contributed by atoms with Gasteiger partial charge >= 0.3 is 0 Å². The molecule has 0 aliphatic heterocycles. The predicted molar refractivity (Wildman–Crippen MR) is 80.3 cm³/mol. The van der Waals surface area contributed by atoms with Crippen LogP contribution in [0.15, 0.2) is 24.3 Å². The zero-order valence-corrected chi connectivity index (χ0v) is 12.1. The Hall–Kier alpha value is -2.61. The van der Waals surface area contributed by atoms with E-state index < -0.39 is 0 Å². The third-order valence-corrected chi connectivity index (χ3v) is 3.15. The van der Waals surface area contributed by atoms with Crippen molar-refractivity contribution in [2.24, 2.45) is 0 Å². The van der Waals surface area contributed by atoms with Crippen molar-refractivity contribution >= 4 is 17.3 Å². The van der Waals surface area contributed by atoms with E-state index in [-0.39, 0.29) is 0 Å². The van der Waals surface area contributed by atoms with Crippen LogP contribution < -0.4 is 10.2 Å². The normalized spacial score (nSPS) is 9.95. The number of hydrogen-bond donors (Lipinski definition) is 1. The average Bonchev–Trinajstić information content (AvgIpc) is 2.48. The lowest BCUT2D eigenvalue weighted by atomic mass is 10.2. The van der Waals surface area contributed by atoms with Crippen molar-refractivity contribution < 1.29 is 0 Å². The van der Waals surface area contributed by atoms with Gasteiger partial charge in [0.05, 0.1) is 11.6 Å². The Kier molecular flexibility index (Phi) is 3.85. The number of nitriles is 1. The number of benzene rings is 1. The Morgan fingerprint density at radius 1 is 1.25 bits per heavy atom. The lowest BCUT2D eigenvalue weighted by molar-refractivity contribution is 0.992. The average molecular weight is 267 g/mol. The Morgan fingerprint density at radius 3 is 2.65 bits per heavy atom. The number of aromatic nitrogens is 2. The largest absolute Gasteiger partial charge is 0.373 e. The van der Waals surface area contributed by atoms with E-state index >= 15 is 0 Å². The molecule has 0 fully saturated rings. The summed E-state index contributed by atoms with van der Waals surface area (Å²) in [5.41, 5.74) is 2.53. The van der Waals surface area contributed by atoms with Crippen LogP contribution in [-0.4, -0.2) is 24.1 Å². The van der Waals surface area contributed by atoms with Crippen molar-refractivity contribution in [3.63, 3.8) is 0 Å². The maximum atomic E-state index is 8.99. The maximum Gasteiger partial charge on any atom is 0.141 e. The fourth-order valence-corrected chi connectivity index (χ4v) is 2.09. The molecule has 2 rings (SSSR count). The van der Waals surface area contributed by atoms with Gasteiger partial charge in [-0.05, 0) is 32.0 Å². The third-order valence-electron chi connectivity index (χ3n) is 3.15. The Morgan fingerprint density at radius 2 is 2.00 bits per heavy atom. The maximum absolute atomic E-state index is 8.99. The number of anilines is 3. The summed E-state index contributed by atoms with van der Waals surface area (Å²) in [5, 5.41) is 12.1. The van der Waals surface area contributed by atoms with E-state index in [2.05, 4.69) is 21.4 Å². The molecule has 5 nitrogen and oxygen atoms in total. The quantitative estimate of drug-likeness (QED) is 0.926. The van der Waals surface area contributed by atoms with Crippen LogP contribution in [0.1, 0.15) is 17.0 Å². The fourth-order valence-electron chi connectivity index (χ4n) is 2.09. The van der Waals surface area contributed by atoms with E-state index in [1.165, 1.54) is 0 Å². The van der Waals surface area contributed by atoms with Crippen molar-refractivity contribution in [3.8, 4) is 6.07 Å². The van der Waals surface area contributed by atoms with Gasteiger partial charge in [-0.3, -0.25) is 0 Å². The lowest BCUT2D eigenvalue weighted by Gasteiger charge is -2.22. The predicted octanol–water partition coefficient (Wildman–Crippen LogP) is 2.77. The molecule has 1 N–H and O–H groups in total. The molecule has 0 saturated carbocycles. The van der Waals surface area contributed by atoms with Crippen LogP contribution in [0.5, 0.6) is 0 Å². The van der Waals surface area contributed by atoms with E-state index in [9.17, 15) is 0 Å². The summed E-state index contributed by atoms with van der Waals surface area (Å²) in [6.07, 6.45) is 0. The number of aryl methyl sites for hydroxylation is 1. The summed E-state index contributed by atoms with van der Waals surface area (Å²) in [6, 6.07) is 9.60. The van der Waals surface area contributed by atoms with Gasteiger partial charge in [0.25, 0.3) is 0 Å². The van der Waals surface area contributed by atoms with Gasteiger partial charge in [-0.2, -0.15) is 5.26 Å². The zero-order chi connectivity index (χ0) is 14.7. The second kappa shape index (κ2) is 5.57.